The Hall–Kier alpha value is -1.68. The summed E-state index contributed by atoms with van der Waals surface area (Å²) in [4.78, 5) is 7.98. The number of hydrogen-bond acceptors (Lipinski definition) is 2. The van der Waals surface area contributed by atoms with Crippen LogP contribution in [0.25, 0.3) is 11.3 Å². The van der Waals surface area contributed by atoms with E-state index in [2.05, 4.69) is 15.3 Å². The maximum atomic E-state index is 12.9. The molecule has 2 N–H and O–H groups in total. The van der Waals surface area contributed by atoms with Crippen molar-refractivity contribution in [1.29, 1.82) is 0 Å². The topological polar surface area (TPSA) is 40.7 Å². The summed E-state index contributed by atoms with van der Waals surface area (Å²) in [7, 11) is 0. The Bertz CT molecular complexity index is 539. The number of halogens is 1. The largest absolute Gasteiger partial charge is 0.344 e. The molecule has 1 aliphatic rings. The molecular weight excluding hydrogens is 229 g/mol. The zero-order valence-corrected chi connectivity index (χ0v) is 10.3. The summed E-state index contributed by atoms with van der Waals surface area (Å²) >= 11 is 0. The number of hydrogen-bond donors (Lipinski definition) is 2. The van der Waals surface area contributed by atoms with Gasteiger partial charge in [-0.05, 0) is 50.6 Å². The van der Waals surface area contributed by atoms with Crippen molar-refractivity contribution in [2.45, 2.75) is 25.8 Å². The van der Waals surface area contributed by atoms with Gasteiger partial charge in [-0.1, -0.05) is 0 Å². The summed E-state index contributed by atoms with van der Waals surface area (Å²) in [6.45, 7) is 3.06. The van der Waals surface area contributed by atoms with Crippen LogP contribution in [0.2, 0.25) is 0 Å². The number of imidazole rings is 1. The SMILES string of the molecule is Cc1[nH]c(C2CCCN2)nc1-c1ccc(F)cc1. The second-order valence-corrected chi connectivity index (χ2v) is 4.75. The molecule has 1 atom stereocenters. The molecule has 0 spiro atoms. The fourth-order valence-electron chi connectivity index (χ4n) is 2.46. The second-order valence-electron chi connectivity index (χ2n) is 4.75. The van der Waals surface area contributed by atoms with Crippen molar-refractivity contribution in [2.75, 3.05) is 6.54 Å². The third-order valence-electron chi connectivity index (χ3n) is 3.41. The molecule has 1 aromatic carbocycles. The van der Waals surface area contributed by atoms with Crippen LogP contribution >= 0.6 is 0 Å². The molecule has 94 valence electrons. The van der Waals surface area contributed by atoms with E-state index < -0.39 is 0 Å². The van der Waals surface area contributed by atoms with Crippen molar-refractivity contribution < 1.29 is 4.39 Å². The molecule has 18 heavy (non-hydrogen) atoms. The molecule has 1 fully saturated rings. The van der Waals surface area contributed by atoms with Gasteiger partial charge in [0, 0.05) is 11.3 Å². The van der Waals surface area contributed by atoms with E-state index in [1.807, 2.05) is 6.92 Å². The van der Waals surface area contributed by atoms with Crippen LogP contribution in [-0.2, 0) is 0 Å². The Morgan fingerprint density at radius 3 is 2.72 bits per heavy atom. The van der Waals surface area contributed by atoms with Crippen molar-refractivity contribution in [3.8, 4) is 11.3 Å². The van der Waals surface area contributed by atoms with E-state index in [0.717, 1.165) is 35.7 Å². The third kappa shape index (κ3) is 2.04. The fraction of sp³-hybridized carbons (Fsp3) is 0.357. The normalized spacial score (nSPS) is 19.3. The van der Waals surface area contributed by atoms with Gasteiger partial charge in [0.15, 0.2) is 0 Å². The van der Waals surface area contributed by atoms with Crippen LogP contribution in [0.5, 0.6) is 0 Å². The summed E-state index contributed by atoms with van der Waals surface area (Å²) in [5.41, 5.74) is 2.90. The van der Waals surface area contributed by atoms with Crippen LogP contribution in [-0.4, -0.2) is 16.5 Å². The second kappa shape index (κ2) is 4.53. The Labute approximate surface area is 105 Å². The van der Waals surface area contributed by atoms with Gasteiger partial charge in [-0.25, -0.2) is 9.37 Å². The minimum atomic E-state index is -0.218. The van der Waals surface area contributed by atoms with Gasteiger partial charge < -0.3 is 10.3 Å². The highest BCUT2D eigenvalue weighted by Crippen LogP contribution is 2.26. The predicted molar refractivity (Wildman–Crippen MR) is 68.7 cm³/mol. The van der Waals surface area contributed by atoms with Crippen LogP contribution in [0.1, 0.15) is 30.4 Å². The quantitative estimate of drug-likeness (QED) is 0.854. The minimum absolute atomic E-state index is 0.218. The summed E-state index contributed by atoms with van der Waals surface area (Å²) in [5.74, 6) is 0.772. The van der Waals surface area contributed by atoms with Gasteiger partial charge in [-0.3, -0.25) is 0 Å². The van der Waals surface area contributed by atoms with E-state index in [1.165, 1.54) is 18.6 Å². The Morgan fingerprint density at radius 1 is 1.28 bits per heavy atom. The first-order valence-electron chi connectivity index (χ1n) is 6.30. The fourth-order valence-corrected chi connectivity index (χ4v) is 2.46. The van der Waals surface area contributed by atoms with Crippen LogP contribution in [0.3, 0.4) is 0 Å². The van der Waals surface area contributed by atoms with Crippen LogP contribution < -0.4 is 5.32 Å². The lowest BCUT2D eigenvalue weighted by Crippen LogP contribution is -2.14. The Morgan fingerprint density at radius 2 is 2.06 bits per heavy atom. The van der Waals surface area contributed by atoms with Crippen LogP contribution in [0.4, 0.5) is 4.39 Å². The molecule has 1 aromatic heterocycles. The zero-order chi connectivity index (χ0) is 12.5. The first-order valence-corrected chi connectivity index (χ1v) is 6.30. The summed E-state index contributed by atoms with van der Waals surface area (Å²) in [5, 5.41) is 3.42. The van der Waals surface area contributed by atoms with Crippen molar-refractivity contribution in [3.05, 3.63) is 41.6 Å². The first kappa shape index (κ1) is 11.4. The number of benzene rings is 1. The lowest BCUT2D eigenvalue weighted by molar-refractivity contribution is 0.612. The van der Waals surface area contributed by atoms with E-state index in [4.69, 9.17) is 0 Å². The average Bonchev–Trinajstić information content (AvgIpc) is 2.99. The summed E-state index contributed by atoms with van der Waals surface area (Å²) in [6.07, 6.45) is 2.31. The number of nitrogens with zero attached hydrogens (tertiary/aromatic N) is 1. The molecule has 3 rings (SSSR count). The molecule has 2 heterocycles. The maximum Gasteiger partial charge on any atom is 0.124 e. The van der Waals surface area contributed by atoms with Gasteiger partial charge in [0.1, 0.15) is 11.6 Å². The van der Waals surface area contributed by atoms with Crippen molar-refractivity contribution in [1.82, 2.24) is 15.3 Å². The monoisotopic (exact) mass is 245 g/mol. The van der Waals surface area contributed by atoms with E-state index in [9.17, 15) is 4.39 Å². The predicted octanol–water partition coefficient (Wildman–Crippen LogP) is 2.95. The van der Waals surface area contributed by atoms with Crippen LogP contribution in [0, 0.1) is 12.7 Å². The molecule has 0 saturated carbocycles. The van der Waals surface area contributed by atoms with Gasteiger partial charge in [0.2, 0.25) is 0 Å². The van der Waals surface area contributed by atoms with Crippen molar-refractivity contribution in [3.63, 3.8) is 0 Å². The van der Waals surface area contributed by atoms with Gasteiger partial charge in [0.05, 0.1) is 11.7 Å². The highest BCUT2D eigenvalue weighted by atomic mass is 19.1. The summed E-state index contributed by atoms with van der Waals surface area (Å²) in [6, 6.07) is 6.81. The highest BCUT2D eigenvalue weighted by molar-refractivity contribution is 5.61. The highest BCUT2D eigenvalue weighted by Gasteiger charge is 2.20. The Kier molecular flexibility index (Phi) is 2.88. The van der Waals surface area contributed by atoms with Gasteiger partial charge >= 0.3 is 0 Å². The molecule has 0 radical (unpaired) electrons. The smallest absolute Gasteiger partial charge is 0.124 e. The van der Waals surface area contributed by atoms with E-state index in [0.29, 0.717) is 6.04 Å². The zero-order valence-electron chi connectivity index (χ0n) is 10.3. The number of rotatable bonds is 2. The van der Waals surface area contributed by atoms with Crippen molar-refractivity contribution >= 4 is 0 Å². The van der Waals surface area contributed by atoms with Gasteiger partial charge in [0.25, 0.3) is 0 Å². The number of H-pyrrole nitrogens is 1. The maximum absolute atomic E-state index is 12.9. The van der Waals surface area contributed by atoms with E-state index in [1.54, 1.807) is 12.1 Å². The molecule has 0 aliphatic carbocycles. The molecular formula is C14H16FN3. The molecule has 1 unspecified atom stereocenters. The standard InChI is InChI=1S/C14H16FN3/c1-9-13(10-4-6-11(15)7-5-10)18-14(17-9)12-3-2-8-16-12/h4-7,12,16H,2-3,8H2,1H3,(H,17,18). The lowest BCUT2D eigenvalue weighted by Gasteiger charge is -2.04. The molecule has 1 aliphatic heterocycles. The third-order valence-corrected chi connectivity index (χ3v) is 3.41. The summed E-state index contributed by atoms with van der Waals surface area (Å²) < 4.78 is 12.9. The van der Waals surface area contributed by atoms with E-state index >= 15 is 0 Å². The Balaban J connectivity index is 1.94. The van der Waals surface area contributed by atoms with Crippen molar-refractivity contribution in [2.24, 2.45) is 0 Å². The average molecular weight is 245 g/mol. The number of nitrogens with one attached hydrogen (secondary N) is 2. The number of aromatic nitrogens is 2. The molecule has 0 amide bonds. The molecule has 3 nitrogen and oxygen atoms in total. The minimum Gasteiger partial charge on any atom is -0.344 e. The molecule has 0 bridgehead atoms. The number of aryl methyl sites for hydroxylation is 1. The lowest BCUT2D eigenvalue weighted by atomic mass is 10.1. The van der Waals surface area contributed by atoms with E-state index in [-0.39, 0.29) is 5.82 Å². The van der Waals surface area contributed by atoms with Gasteiger partial charge in [-0.15, -0.1) is 0 Å². The first-order chi connectivity index (χ1) is 8.74. The van der Waals surface area contributed by atoms with Gasteiger partial charge in [-0.2, -0.15) is 0 Å². The molecule has 2 aromatic rings. The van der Waals surface area contributed by atoms with Crippen LogP contribution in [0.15, 0.2) is 24.3 Å². The molecule has 1 saturated heterocycles. The number of aromatic amines is 1. The molecule has 4 heteroatoms.